The molecule has 0 unspecified atom stereocenters. The van der Waals surface area contributed by atoms with Gasteiger partial charge in [-0.25, -0.2) is 4.39 Å². The highest BCUT2D eigenvalue weighted by Crippen LogP contribution is 2.24. The SMILES string of the molecule is O=C(c1ccc(F)cc1)N1CCN(C(=O)c2nsc3ccccc23)CC1. The molecule has 1 aromatic heterocycles. The molecule has 132 valence electrons. The maximum absolute atomic E-state index is 13.0. The highest BCUT2D eigenvalue weighted by atomic mass is 32.1. The summed E-state index contributed by atoms with van der Waals surface area (Å²) in [6, 6.07) is 13.2. The summed E-state index contributed by atoms with van der Waals surface area (Å²) in [6.07, 6.45) is 0. The van der Waals surface area contributed by atoms with Crippen molar-refractivity contribution < 1.29 is 14.0 Å². The van der Waals surface area contributed by atoms with Crippen molar-refractivity contribution in [2.75, 3.05) is 26.2 Å². The van der Waals surface area contributed by atoms with E-state index in [9.17, 15) is 14.0 Å². The quantitative estimate of drug-likeness (QED) is 0.698. The first-order chi connectivity index (χ1) is 12.6. The number of halogens is 1. The van der Waals surface area contributed by atoms with Gasteiger partial charge in [-0.05, 0) is 41.9 Å². The van der Waals surface area contributed by atoms with E-state index in [1.54, 1.807) is 9.80 Å². The van der Waals surface area contributed by atoms with Crippen molar-refractivity contribution in [3.8, 4) is 0 Å². The van der Waals surface area contributed by atoms with Gasteiger partial charge in [0.2, 0.25) is 0 Å². The second kappa shape index (κ2) is 6.84. The van der Waals surface area contributed by atoms with Crippen LogP contribution in [0, 0.1) is 5.82 Å². The lowest BCUT2D eigenvalue weighted by Crippen LogP contribution is -2.50. The Labute approximate surface area is 153 Å². The molecule has 1 aliphatic rings. The molecule has 2 heterocycles. The van der Waals surface area contributed by atoms with Crippen LogP contribution in [0.3, 0.4) is 0 Å². The molecule has 1 fully saturated rings. The van der Waals surface area contributed by atoms with Crippen molar-refractivity contribution >= 4 is 33.4 Å². The van der Waals surface area contributed by atoms with Gasteiger partial charge in [-0.15, -0.1) is 0 Å². The number of piperazine rings is 1. The van der Waals surface area contributed by atoms with Gasteiger partial charge in [-0.1, -0.05) is 18.2 Å². The van der Waals surface area contributed by atoms with Crippen molar-refractivity contribution in [2.45, 2.75) is 0 Å². The first-order valence-electron chi connectivity index (χ1n) is 8.32. The largest absolute Gasteiger partial charge is 0.335 e. The van der Waals surface area contributed by atoms with Gasteiger partial charge >= 0.3 is 0 Å². The Kier molecular flexibility index (Phi) is 4.38. The predicted octanol–water partition coefficient (Wildman–Crippen LogP) is 3.03. The van der Waals surface area contributed by atoms with Gasteiger partial charge in [0.05, 0.1) is 4.70 Å². The topological polar surface area (TPSA) is 53.5 Å². The fraction of sp³-hybridized carbons (Fsp3) is 0.211. The van der Waals surface area contributed by atoms with Crippen molar-refractivity contribution in [3.63, 3.8) is 0 Å². The Balaban J connectivity index is 1.44. The fourth-order valence-electron chi connectivity index (χ4n) is 3.08. The van der Waals surface area contributed by atoms with E-state index >= 15 is 0 Å². The van der Waals surface area contributed by atoms with E-state index in [2.05, 4.69) is 4.37 Å². The number of aromatic nitrogens is 1. The Morgan fingerprint density at radius 3 is 2.19 bits per heavy atom. The zero-order valence-electron chi connectivity index (χ0n) is 13.9. The highest BCUT2D eigenvalue weighted by Gasteiger charge is 2.27. The number of hydrogen-bond donors (Lipinski definition) is 0. The van der Waals surface area contributed by atoms with Gasteiger partial charge < -0.3 is 9.80 Å². The van der Waals surface area contributed by atoms with Gasteiger partial charge in [-0.2, -0.15) is 4.37 Å². The summed E-state index contributed by atoms with van der Waals surface area (Å²) in [7, 11) is 0. The second-order valence-corrected chi connectivity index (χ2v) is 6.92. The Morgan fingerprint density at radius 2 is 1.50 bits per heavy atom. The number of carbonyl (C=O) groups is 2. The third-order valence-corrected chi connectivity index (χ3v) is 5.35. The summed E-state index contributed by atoms with van der Waals surface area (Å²) in [5, 5.41) is 0.868. The van der Waals surface area contributed by atoms with Crippen molar-refractivity contribution in [1.29, 1.82) is 0 Å². The fourth-order valence-corrected chi connectivity index (χ4v) is 3.85. The third kappa shape index (κ3) is 3.06. The molecule has 0 spiro atoms. The Hall–Kier alpha value is -2.80. The molecule has 26 heavy (non-hydrogen) atoms. The predicted molar refractivity (Wildman–Crippen MR) is 97.8 cm³/mol. The zero-order valence-corrected chi connectivity index (χ0v) is 14.7. The first-order valence-corrected chi connectivity index (χ1v) is 9.09. The van der Waals surface area contributed by atoms with Crippen LogP contribution in [-0.4, -0.2) is 52.2 Å². The lowest BCUT2D eigenvalue weighted by Gasteiger charge is -2.34. The minimum absolute atomic E-state index is 0.101. The normalized spacial score (nSPS) is 14.7. The molecule has 4 rings (SSSR count). The molecule has 0 saturated carbocycles. The molecule has 0 atom stereocenters. The van der Waals surface area contributed by atoms with E-state index in [1.165, 1.54) is 35.8 Å². The molecular formula is C19H16FN3O2S. The highest BCUT2D eigenvalue weighted by molar-refractivity contribution is 7.13. The molecule has 1 saturated heterocycles. The van der Waals surface area contributed by atoms with Crippen LogP contribution in [0.4, 0.5) is 4.39 Å². The number of rotatable bonds is 2. The monoisotopic (exact) mass is 369 g/mol. The average molecular weight is 369 g/mol. The van der Waals surface area contributed by atoms with Gasteiger partial charge in [0, 0.05) is 37.1 Å². The Morgan fingerprint density at radius 1 is 0.885 bits per heavy atom. The van der Waals surface area contributed by atoms with Crippen LogP contribution in [-0.2, 0) is 0 Å². The summed E-state index contributed by atoms with van der Waals surface area (Å²) in [5.74, 6) is -0.611. The lowest BCUT2D eigenvalue weighted by molar-refractivity contribution is 0.0534. The Bertz CT molecular complexity index is 962. The van der Waals surface area contributed by atoms with E-state index in [4.69, 9.17) is 0 Å². The molecule has 1 aliphatic heterocycles. The maximum Gasteiger partial charge on any atom is 0.274 e. The zero-order chi connectivity index (χ0) is 18.1. The number of fused-ring (bicyclic) bond motifs is 1. The first kappa shape index (κ1) is 16.7. The molecule has 5 nitrogen and oxygen atoms in total. The molecule has 7 heteroatoms. The van der Waals surface area contributed by atoms with Crippen LogP contribution in [0.5, 0.6) is 0 Å². The van der Waals surface area contributed by atoms with Crippen LogP contribution in [0.1, 0.15) is 20.8 Å². The van der Waals surface area contributed by atoms with E-state index in [0.717, 1.165) is 10.1 Å². The summed E-state index contributed by atoms with van der Waals surface area (Å²) in [6.45, 7) is 1.81. The summed E-state index contributed by atoms with van der Waals surface area (Å²) < 4.78 is 18.3. The van der Waals surface area contributed by atoms with E-state index in [0.29, 0.717) is 37.4 Å². The molecule has 0 aliphatic carbocycles. The maximum atomic E-state index is 13.0. The molecular weight excluding hydrogens is 353 g/mol. The number of amides is 2. The smallest absolute Gasteiger partial charge is 0.274 e. The van der Waals surface area contributed by atoms with E-state index < -0.39 is 0 Å². The lowest BCUT2D eigenvalue weighted by atomic mass is 10.1. The van der Waals surface area contributed by atoms with Crippen LogP contribution in [0.2, 0.25) is 0 Å². The third-order valence-electron chi connectivity index (χ3n) is 4.53. The van der Waals surface area contributed by atoms with Gasteiger partial charge in [-0.3, -0.25) is 9.59 Å². The van der Waals surface area contributed by atoms with E-state index in [1.807, 2.05) is 24.3 Å². The molecule has 0 N–H and O–H groups in total. The standard InChI is InChI=1S/C19H16FN3O2S/c20-14-7-5-13(6-8-14)18(24)22-9-11-23(12-10-22)19(25)17-15-3-1-2-4-16(15)26-21-17/h1-8H,9-12H2. The van der Waals surface area contributed by atoms with Crippen molar-refractivity contribution in [1.82, 2.24) is 14.2 Å². The summed E-state index contributed by atoms with van der Waals surface area (Å²) in [5.41, 5.74) is 0.931. The van der Waals surface area contributed by atoms with E-state index in [-0.39, 0.29) is 17.6 Å². The van der Waals surface area contributed by atoms with Gasteiger partial charge in [0.25, 0.3) is 11.8 Å². The average Bonchev–Trinajstić information content (AvgIpc) is 3.12. The number of carbonyl (C=O) groups excluding carboxylic acids is 2. The number of nitrogens with zero attached hydrogens (tertiary/aromatic N) is 3. The minimum Gasteiger partial charge on any atom is -0.335 e. The second-order valence-electron chi connectivity index (χ2n) is 6.12. The molecule has 0 radical (unpaired) electrons. The van der Waals surface area contributed by atoms with Crippen molar-refractivity contribution in [3.05, 3.63) is 65.6 Å². The molecule has 2 aromatic carbocycles. The van der Waals surface area contributed by atoms with Crippen LogP contribution in [0.15, 0.2) is 48.5 Å². The molecule has 0 bridgehead atoms. The van der Waals surface area contributed by atoms with Crippen LogP contribution >= 0.6 is 11.5 Å². The number of hydrogen-bond acceptors (Lipinski definition) is 4. The summed E-state index contributed by atoms with van der Waals surface area (Å²) >= 11 is 1.32. The molecule has 3 aromatic rings. The number of benzene rings is 2. The van der Waals surface area contributed by atoms with Gasteiger partial charge in [0.15, 0.2) is 0 Å². The van der Waals surface area contributed by atoms with Crippen molar-refractivity contribution in [2.24, 2.45) is 0 Å². The van der Waals surface area contributed by atoms with Crippen LogP contribution < -0.4 is 0 Å². The molecule has 2 amide bonds. The minimum atomic E-state index is -0.368. The summed E-state index contributed by atoms with van der Waals surface area (Å²) in [4.78, 5) is 28.7. The van der Waals surface area contributed by atoms with Gasteiger partial charge in [0.1, 0.15) is 11.5 Å². The van der Waals surface area contributed by atoms with Crippen LogP contribution in [0.25, 0.3) is 10.1 Å².